The van der Waals surface area contributed by atoms with E-state index < -0.39 is 19.8 Å². The fourth-order valence-electron chi connectivity index (χ4n) is 1.46. The molecule has 0 unspecified atom stereocenters. The van der Waals surface area contributed by atoms with Crippen LogP contribution in [0.2, 0.25) is 19.6 Å². The van der Waals surface area contributed by atoms with Crippen molar-refractivity contribution < 1.29 is 13.2 Å². The molecule has 0 radical (unpaired) electrons. The minimum atomic E-state index is -4.26. The molecule has 0 aliphatic rings. The van der Waals surface area contributed by atoms with Crippen LogP contribution >= 0.6 is 15.9 Å². The molecule has 0 aliphatic carbocycles. The highest BCUT2D eigenvalue weighted by molar-refractivity contribution is 9.10. The van der Waals surface area contributed by atoms with Gasteiger partial charge in [0.15, 0.2) is 0 Å². The van der Waals surface area contributed by atoms with Crippen LogP contribution in [0.5, 0.6) is 0 Å². The molecular formula is C11H14BrF3Si. The Morgan fingerprint density at radius 3 is 2.19 bits per heavy atom. The molecule has 0 nitrogen and oxygen atoms in total. The number of benzene rings is 1. The molecule has 0 atom stereocenters. The van der Waals surface area contributed by atoms with Gasteiger partial charge in [-0.25, -0.2) is 0 Å². The highest BCUT2D eigenvalue weighted by Gasteiger charge is 2.31. The Balaban J connectivity index is 3.10. The molecule has 90 valence electrons. The fraction of sp³-hybridized carbons (Fsp3) is 0.455. The van der Waals surface area contributed by atoms with Gasteiger partial charge in [-0.1, -0.05) is 35.6 Å². The van der Waals surface area contributed by atoms with Crippen molar-refractivity contribution in [3.63, 3.8) is 0 Å². The van der Waals surface area contributed by atoms with Crippen LogP contribution in [0.25, 0.3) is 0 Å². The van der Waals surface area contributed by atoms with Gasteiger partial charge >= 0.3 is 6.18 Å². The van der Waals surface area contributed by atoms with Gasteiger partial charge in [0, 0.05) is 12.5 Å². The predicted octanol–water partition coefficient (Wildman–Crippen LogP) is 4.89. The second-order valence-electron chi connectivity index (χ2n) is 5.04. The standard InChI is InChI=1S/C11H14BrF3Si/c1-16(2,3)7-8-6-9(11(13,14)15)4-5-10(8)12/h4-6H,7H2,1-3H3. The lowest BCUT2D eigenvalue weighted by atomic mass is 10.1. The number of halogens is 4. The first-order valence-corrected chi connectivity index (χ1v) is 9.45. The quantitative estimate of drug-likeness (QED) is 0.682. The number of hydrogen-bond donors (Lipinski definition) is 0. The Kier molecular flexibility index (Phi) is 3.90. The van der Waals surface area contributed by atoms with E-state index in [1.165, 1.54) is 12.1 Å². The Bertz CT molecular complexity index is 380. The summed E-state index contributed by atoms with van der Waals surface area (Å²) < 4.78 is 38.4. The lowest BCUT2D eigenvalue weighted by Crippen LogP contribution is -2.24. The first-order chi connectivity index (χ1) is 7.09. The minimum absolute atomic E-state index is 0.566. The van der Waals surface area contributed by atoms with E-state index >= 15 is 0 Å². The van der Waals surface area contributed by atoms with Crippen LogP contribution in [0.15, 0.2) is 22.7 Å². The van der Waals surface area contributed by atoms with Crippen molar-refractivity contribution in [2.45, 2.75) is 31.9 Å². The molecule has 16 heavy (non-hydrogen) atoms. The van der Waals surface area contributed by atoms with E-state index in [2.05, 4.69) is 35.6 Å². The van der Waals surface area contributed by atoms with E-state index in [4.69, 9.17) is 0 Å². The summed E-state index contributed by atoms with van der Waals surface area (Å²) in [4.78, 5) is 0. The van der Waals surface area contributed by atoms with Crippen LogP contribution in [-0.2, 0) is 12.2 Å². The Labute approximate surface area is 103 Å². The van der Waals surface area contributed by atoms with E-state index in [0.717, 1.165) is 22.1 Å². The average molecular weight is 311 g/mol. The van der Waals surface area contributed by atoms with E-state index in [1.807, 2.05) is 0 Å². The molecule has 0 spiro atoms. The van der Waals surface area contributed by atoms with E-state index in [1.54, 1.807) is 0 Å². The summed E-state index contributed by atoms with van der Waals surface area (Å²) >= 11 is 3.30. The summed E-state index contributed by atoms with van der Waals surface area (Å²) in [5.74, 6) is 0. The van der Waals surface area contributed by atoms with E-state index in [9.17, 15) is 13.2 Å². The maximum Gasteiger partial charge on any atom is 0.416 e. The Hall–Kier alpha value is -0.293. The monoisotopic (exact) mass is 310 g/mol. The third-order valence-corrected chi connectivity index (χ3v) is 4.31. The van der Waals surface area contributed by atoms with Crippen molar-refractivity contribution in [3.8, 4) is 0 Å². The van der Waals surface area contributed by atoms with Crippen molar-refractivity contribution in [1.82, 2.24) is 0 Å². The van der Waals surface area contributed by atoms with Crippen molar-refractivity contribution in [3.05, 3.63) is 33.8 Å². The van der Waals surface area contributed by atoms with Gasteiger partial charge in [0.2, 0.25) is 0 Å². The first-order valence-electron chi connectivity index (χ1n) is 4.95. The summed E-state index contributed by atoms with van der Waals surface area (Å²) in [6.45, 7) is 6.42. The van der Waals surface area contributed by atoms with E-state index in [-0.39, 0.29) is 0 Å². The lowest BCUT2D eigenvalue weighted by Gasteiger charge is -2.18. The van der Waals surface area contributed by atoms with Gasteiger partial charge in [-0.3, -0.25) is 0 Å². The molecule has 0 heterocycles. The van der Waals surface area contributed by atoms with Crippen LogP contribution in [0, 0.1) is 0 Å². The topological polar surface area (TPSA) is 0 Å². The summed E-state index contributed by atoms with van der Waals surface area (Å²) in [5.41, 5.74) is 0.193. The molecule has 1 aromatic carbocycles. The van der Waals surface area contributed by atoms with Gasteiger partial charge in [-0.15, -0.1) is 0 Å². The van der Waals surface area contributed by atoms with Gasteiger partial charge < -0.3 is 0 Å². The van der Waals surface area contributed by atoms with Gasteiger partial charge in [-0.2, -0.15) is 13.2 Å². The number of rotatable bonds is 2. The smallest absolute Gasteiger partial charge is 0.166 e. The van der Waals surface area contributed by atoms with Crippen LogP contribution in [-0.4, -0.2) is 8.07 Å². The van der Waals surface area contributed by atoms with Crippen molar-refractivity contribution in [1.29, 1.82) is 0 Å². The molecule has 0 fully saturated rings. The molecule has 0 aromatic heterocycles. The predicted molar refractivity (Wildman–Crippen MR) is 66.2 cm³/mol. The van der Waals surface area contributed by atoms with Crippen molar-refractivity contribution >= 4 is 24.0 Å². The zero-order valence-corrected chi connectivity index (χ0v) is 12.0. The van der Waals surface area contributed by atoms with Gasteiger partial charge in [-0.05, 0) is 29.8 Å². The van der Waals surface area contributed by atoms with Crippen LogP contribution < -0.4 is 0 Å². The fourth-order valence-corrected chi connectivity index (χ4v) is 3.54. The molecular weight excluding hydrogens is 297 g/mol. The zero-order valence-electron chi connectivity index (χ0n) is 9.45. The van der Waals surface area contributed by atoms with Crippen LogP contribution in [0.4, 0.5) is 13.2 Å². The largest absolute Gasteiger partial charge is 0.416 e. The second kappa shape index (κ2) is 4.53. The zero-order chi connectivity index (χ0) is 12.6. The number of hydrogen-bond acceptors (Lipinski definition) is 0. The normalized spacial score (nSPS) is 12.9. The molecule has 1 rings (SSSR count). The third-order valence-electron chi connectivity index (χ3n) is 2.09. The SMILES string of the molecule is C[Si](C)(C)Cc1cc(C(F)(F)F)ccc1Br. The second-order valence-corrected chi connectivity index (χ2v) is 11.4. The van der Waals surface area contributed by atoms with Crippen molar-refractivity contribution in [2.24, 2.45) is 0 Å². The molecule has 5 heteroatoms. The van der Waals surface area contributed by atoms with Gasteiger partial charge in [0.05, 0.1) is 5.56 Å². The molecule has 0 amide bonds. The molecule has 1 aromatic rings. The number of alkyl halides is 3. The summed E-state index contributed by atoms with van der Waals surface area (Å²) in [6, 6.07) is 4.59. The third kappa shape index (κ3) is 3.94. The maximum atomic E-state index is 12.5. The highest BCUT2D eigenvalue weighted by Crippen LogP contribution is 2.32. The van der Waals surface area contributed by atoms with Crippen molar-refractivity contribution in [2.75, 3.05) is 0 Å². The van der Waals surface area contributed by atoms with Gasteiger partial charge in [0.1, 0.15) is 0 Å². The molecule has 0 saturated heterocycles. The summed E-state index contributed by atoms with van der Waals surface area (Å²) in [5, 5.41) is 0. The summed E-state index contributed by atoms with van der Waals surface area (Å²) in [7, 11) is -1.41. The van der Waals surface area contributed by atoms with E-state index in [0.29, 0.717) is 0 Å². The summed E-state index contributed by atoms with van der Waals surface area (Å²) in [6.07, 6.45) is -4.26. The van der Waals surface area contributed by atoms with Gasteiger partial charge in [0.25, 0.3) is 0 Å². The highest BCUT2D eigenvalue weighted by atomic mass is 79.9. The van der Waals surface area contributed by atoms with Crippen LogP contribution in [0.1, 0.15) is 11.1 Å². The molecule has 0 bridgehead atoms. The Morgan fingerprint density at radius 2 is 1.75 bits per heavy atom. The molecule has 0 aliphatic heterocycles. The maximum absolute atomic E-state index is 12.5. The molecule has 0 N–H and O–H groups in total. The Morgan fingerprint density at radius 1 is 1.19 bits per heavy atom. The first kappa shape index (κ1) is 13.8. The molecule has 0 saturated carbocycles. The lowest BCUT2D eigenvalue weighted by molar-refractivity contribution is -0.137. The minimum Gasteiger partial charge on any atom is -0.166 e. The van der Waals surface area contributed by atoms with Crippen LogP contribution in [0.3, 0.4) is 0 Å². The average Bonchev–Trinajstić information content (AvgIpc) is 2.04.